The van der Waals surface area contributed by atoms with Crippen LogP contribution in [0.25, 0.3) is 43.6 Å². The number of aliphatic hydroxyl groups excluding tert-OH is 1. The van der Waals surface area contributed by atoms with Crippen LogP contribution in [0.15, 0.2) is 66.7 Å². The molecule has 0 radical (unpaired) electrons. The van der Waals surface area contributed by atoms with E-state index >= 15 is 0 Å². The second-order valence-electron chi connectivity index (χ2n) is 13.6. The van der Waals surface area contributed by atoms with Gasteiger partial charge in [-0.1, -0.05) is 36.4 Å². The van der Waals surface area contributed by atoms with Crippen LogP contribution in [0.1, 0.15) is 58.2 Å². The molecule has 1 N–H and O–H groups in total. The van der Waals surface area contributed by atoms with Crippen molar-refractivity contribution in [1.29, 1.82) is 0 Å². The molecule has 4 aromatic carbocycles. The molecule has 2 aromatic heterocycles. The fourth-order valence-corrected chi connectivity index (χ4v) is 6.31. The Balaban J connectivity index is 1.60. The molecule has 0 aliphatic heterocycles. The zero-order valence-electron chi connectivity index (χ0n) is 28.1. The molecule has 9 heteroatoms. The highest BCUT2D eigenvalue weighted by Gasteiger charge is 2.28. The summed E-state index contributed by atoms with van der Waals surface area (Å²) in [6.07, 6.45) is -0.689. The van der Waals surface area contributed by atoms with Crippen molar-refractivity contribution in [3.05, 3.63) is 83.4 Å². The zero-order chi connectivity index (χ0) is 33.8. The van der Waals surface area contributed by atoms with Crippen LogP contribution in [-0.4, -0.2) is 51.8 Å². The first-order valence-corrected chi connectivity index (χ1v) is 15.6. The van der Waals surface area contributed by atoms with Crippen molar-refractivity contribution in [1.82, 2.24) is 9.13 Å². The average Bonchev–Trinajstić information content (AvgIpc) is 3.52. The van der Waals surface area contributed by atoms with Gasteiger partial charge in [-0.2, -0.15) is 0 Å². The van der Waals surface area contributed by atoms with Crippen LogP contribution in [-0.2, 0) is 22.5 Å². The van der Waals surface area contributed by atoms with Crippen LogP contribution >= 0.6 is 0 Å². The van der Waals surface area contributed by atoms with E-state index in [0.717, 1.165) is 27.1 Å². The number of hydrogen-bond donors (Lipinski definition) is 1. The molecular weight excluding hydrogens is 596 g/mol. The maximum absolute atomic E-state index is 13.7. The Labute approximate surface area is 273 Å². The number of nitrogens with zero attached hydrogens (tertiary/aromatic N) is 2. The van der Waals surface area contributed by atoms with E-state index in [1.165, 1.54) is 0 Å². The third-order valence-corrected chi connectivity index (χ3v) is 8.03. The predicted molar refractivity (Wildman–Crippen MR) is 184 cm³/mol. The number of hydrogen-bond acceptors (Lipinski definition) is 7. The number of methoxy groups -OCH3 is 2. The maximum Gasteiger partial charge on any atom is 0.419 e. The maximum atomic E-state index is 13.7. The number of fused-ring (bicyclic) bond motifs is 6. The third kappa shape index (κ3) is 5.65. The molecule has 47 heavy (non-hydrogen) atoms. The lowest BCUT2D eigenvalue weighted by molar-refractivity contribution is 0.0539. The lowest BCUT2D eigenvalue weighted by Crippen LogP contribution is -2.27. The van der Waals surface area contributed by atoms with Gasteiger partial charge in [0.25, 0.3) is 0 Å². The normalized spacial score (nSPS) is 12.3. The molecule has 0 atom stereocenters. The molecule has 0 aliphatic rings. The third-order valence-electron chi connectivity index (χ3n) is 8.03. The van der Waals surface area contributed by atoms with Crippen molar-refractivity contribution in [3.63, 3.8) is 0 Å². The quantitative estimate of drug-likeness (QED) is 0.202. The van der Waals surface area contributed by atoms with E-state index < -0.39 is 23.4 Å². The Kier molecular flexibility index (Phi) is 7.92. The number of aliphatic hydroxyl groups is 1. The fourth-order valence-electron chi connectivity index (χ4n) is 6.31. The van der Waals surface area contributed by atoms with E-state index in [-0.39, 0.29) is 6.61 Å². The average molecular weight is 637 g/mol. The first kappa shape index (κ1) is 31.9. The standard InChI is InChI=1S/C38H40N2O7/c1-37(2,3)46-35(42)39-29-15-11-9-13-24(29)27-18-22(19-31(44-7)32(27)39)17-26-23(21-41)20-28-25-14-10-12-16-30(25)40(33(28)34(26)45-8)36(43)47-38(4,5)6/h9-16,18-20,41H,17,21H2,1-8H3. The highest BCUT2D eigenvalue weighted by Crippen LogP contribution is 2.42. The highest BCUT2D eigenvalue weighted by atomic mass is 16.6. The molecule has 0 bridgehead atoms. The molecule has 6 rings (SSSR count). The Hall–Kier alpha value is -5.02. The number of carbonyl (C=O) groups excluding carboxylic acids is 2. The largest absolute Gasteiger partial charge is 0.495 e. The number of benzene rings is 4. The molecule has 244 valence electrons. The van der Waals surface area contributed by atoms with Gasteiger partial charge >= 0.3 is 12.2 Å². The van der Waals surface area contributed by atoms with Gasteiger partial charge in [0.2, 0.25) is 0 Å². The topological polar surface area (TPSA) is 101 Å². The lowest BCUT2D eigenvalue weighted by Gasteiger charge is -2.21. The van der Waals surface area contributed by atoms with Crippen molar-refractivity contribution in [2.24, 2.45) is 0 Å². The predicted octanol–water partition coefficient (Wildman–Crippen LogP) is 8.57. The summed E-state index contributed by atoms with van der Waals surface area (Å²) in [7, 11) is 3.13. The van der Waals surface area contributed by atoms with Crippen molar-refractivity contribution in [2.75, 3.05) is 14.2 Å². The van der Waals surface area contributed by atoms with Gasteiger partial charge in [-0.15, -0.1) is 0 Å². The highest BCUT2D eigenvalue weighted by molar-refractivity contribution is 6.16. The minimum absolute atomic E-state index is 0.245. The minimum atomic E-state index is -0.722. The van der Waals surface area contributed by atoms with Crippen LogP contribution in [0.5, 0.6) is 11.5 Å². The lowest BCUT2D eigenvalue weighted by atomic mass is 9.95. The summed E-state index contributed by atoms with van der Waals surface area (Å²) in [6, 6.07) is 21.1. The molecule has 0 unspecified atom stereocenters. The number of carbonyl (C=O) groups is 2. The molecule has 2 heterocycles. The van der Waals surface area contributed by atoms with Gasteiger partial charge in [-0.25, -0.2) is 18.7 Å². The Morgan fingerprint density at radius 3 is 1.68 bits per heavy atom. The summed E-state index contributed by atoms with van der Waals surface area (Å²) in [4.78, 5) is 27.3. The van der Waals surface area contributed by atoms with Gasteiger partial charge in [0.15, 0.2) is 0 Å². The van der Waals surface area contributed by atoms with Crippen LogP contribution in [0, 0.1) is 0 Å². The van der Waals surface area contributed by atoms with E-state index in [9.17, 15) is 14.7 Å². The van der Waals surface area contributed by atoms with E-state index in [1.807, 2.05) is 108 Å². The van der Waals surface area contributed by atoms with E-state index in [2.05, 4.69) is 0 Å². The molecular formula is C38H40N2O7. The molecule has 0 fully saturated rings. The molecule has 9 nitrogen and oxygen atoms in total. The Morgan fingerprint density at radius 2 is 1.19 bits per heavy atom. The Morgan fingerprint density at radius 1 is 0.681 bits per heavy atom. The molecule has 0 aliphatic carbocycles. The van der Waals surface area contributed by atoms with E-state index in [0.29, 0.717) is 51.1 Å². The van der Waals surface area contributed by atoms with Crippen molar-refractivity contribution >= 4 is 55.8 Å². The number of para-hydroxylation sites is 2. The fraction of sp³-hybridized carbons (Fsp3) is 0.316. The SMILES string of the molecule is COc1cc(Cc2c(CO)cc3c4ccccc4n(C(=O)OC(C)(C)C)c3c2OC)cc2c3ccccc3n(C(=O)OC(C)(C)C)c12. The van der Waals surface area contributed by atoms with Gasteiger partial charge in [-0.05, 0) is 83.0 Å². The number of rotatable bonds is 5. The molecule has 0 saturated carbocycles. The summed E-state index contributed by atoms with van der Waals surface area (Å²) in [5.41, 5.74) is 3.35. The summed E-state index contributed by atoms with van der Waals surface area (Å²) < 4.78 is 26.7. The molecule has 0 saturated heterocycles. The van der Waals surface area contributed by atoms with Crippen molar-refractivity contribution < 1.29 is 33.6 Å². The van der Waals surface area contributed by atoms with Crippen molar-refractivity contribution in [3.8, 4) is 11.5 Å². The summed E-state index contributed by atoms with van der Waals surface area (Å²) in [5, 5.41) is 13.9. The molecule has 6 aromatic rings. The molecule has 0 amide bonds. The van der Waals surface area contributed by atoms with E-state index in [1.54, 1.807) is 23.4 Å². The van der Waals surface area contributed by atoms with Gasteiger partial charge in [0, 0.05) is 33.5 Å². The van der Waals surface area contributed by atoms with Gasteiger partial charge < -0.3 is 24.1 Å². The summed E-state index contributed by atoms with van der Waals surface area (Å²) in [5.74, 6) is 0.955. The first-order valence-electron chi connectivity index (χ1n) is 15.6. The monoisotopic (exact) mass is 636 g/mol. The van der Waals surface area contributed by atoms with Crippen LogP contribution in [0.4, 0.5) is 9.59 Å². The van der Waals surface area contributed by atoms with Gasteiger partial charge in [0.1, 0.15) is 33.7 Å². The van der Waals surface area contributed by atoms with Crippen molar-refractivity contribution in [2.45, 2.75) is 65.8 Å². The van der Waals surface area contributed by atoms with Crippen LogP contribution in [0.2, 0.25) is 0 Å². The van der Waals surface area contributed by atoms with Gasteiger partial charge in [0.05, 0.1) is 31.9 Å². The first-order chi connectivity index (χ1) is 22.3. The van der Waals surface area contributed by atoms with Gasteiger partial charge in [-0.3, -0.25) is 0 Å². The molecule has 0 spiro atoms. The zero-order valence-corrected chi connectivity index (χ0v) is 28.1. The number of aromatic nitrogens is 2. The smallest absolute Gasteiger partial charge is 0.419 e. The summed E-state index contributed by atoms with van der Waals surface area (Å²) in [6.45, 7) is 10.7. The second kappa shape index (κ2) is 11.7. The van der Waals surface area contributed by atoms with Crippen LogP contribution in [0.3, 0.4) is 0 Å². The van der Waals surface area contributed by atoms with Crippen LogP contribution < -0.4 is 9.47 Å². The second-order valence-corrected chi connectivity index (χ2v) is 13.6. The Bertz CT molecular complexity index is 2190. The van der Waals surface area contributed by atoms with E-state index in [4.69, 9.17) is 18.9 Å². The summed E-state index contributed by atoms with van der Waals surface area (Å²) >= 11 is 0. The number of ether oxygens (including phenoxy) is 4. The minimum Gasteiger partial charge on any atom is -0.495 e.